The Labute approximate surface area is 184 Å². The molecule has 0 fully saturated rings. The molecule has 7 nitrogen and oxygen atoms in total. The maximum Gasteiger partial charge on any atom is 0.203 e. The summed E-state index contributed by atoms with van der Waals surface area (Å²) in [5.41, 5.74) is 2.14. The van der Waals surface area contributed by atoms with Gasteiger partial charge < -0.3 is 29.0 Å². The van der Waals surface area contributed by atoms with Crippen molar-refractivity contribution < 1.29 is 14.2 Å². The number of hydrogen-bond donors (Lipinski definition) is 1. The van der Waals surface area contributed by atoms with Gasteiger partial charge in [0.05, 0.1) is 34.4 Å². The molecule has 1 heterocycles. The second-order valence-electron chi connectivity index (χ2n) is 6.13. The quantitative estimate of drug-likeness (QED) is 0.341. The van der Waals surface area contributed by atoms with E-state index in [0.29, 0.717) is 23.8 Å². The summed E-state index contributed by atoms with van der Waals surface area (Å²) in [6.45, 7) is 4.07. The zero-order valence-electron chi connectivity index (χ0n) is 17.5. The molecule has 0 saturated carbocycles. The highest BCUT2D eigenvalue weighted by Gasteiger charge is 2.16. The van der Waals surface area contributed by atoms with Crippen LogP contribution in [0.2, 0.25) is 0 Å². The molecule has 0 spiro atoms. The minimum Gasteiger partial charge on any atom is -0.493 e. The van der Waals surface area contributed by atoms with Gasteiger partial charge in [0.15, 0.2) is 17.5 Å². The Balaban J connectivity index is 0.00000392. The van der Waals surface area contributed by atoms with Gasteiger partial charge in [-0.25, -0.2) is 4.99 Å². The van der Waals surface area contributed by atoms with Crippen molar-refractivity contribution in [3.05, 3.63) is 41.7 Å². The first kappa shape index (κ1) is 23.9. The van der Waals surface area contributed by atoms with E-state index >= 15 is 0 Å². The van der Waals surface area contributed by atoms with Crippen molar-refractivity contribution in [1.82, 2.24) is 14.8 Å². The van der Waals surface area contributed by atoms with E-state index in [4.69, 9.17) is 19.2 Å². The average Bonchev–Trinajstić information content (AvgIpc) is 3.08. The summed E-state index contributed by atoms with van der Waals surface area (Å²) in [5.74, 6) is 2.68. The van der Waals surface area contributed by atoms with Gasteiger partial charge >= 0.3 is 0 Å². The summed E-state index contributed by atoms with van der Waals surface area (Å²) in [7, 11) is 8.90. The van der Waals surface area contributed by atoms with Crippen molar-refractivity contribution in [2.45, 2.75) is 20.0 Å². The van der Waals surface area contributed by atoms with Crippen LogP contribution in [0.25, 0.3) is 0 Å². The largest absolute Gasteiger partial charge is 0.493 e. The number of nitrogens with zero attached hydrogens (tertiary/aromatic N) is 3. The van der Waals surface area contributed by atoms with E-state index in [9.17, 15) is 0 Å². The Morgan fingerprint density at radius 1 is 1.11 bits per heavy atom. The molecule has 0 aliphatic rings. The first-order chi connectivity index (χ1) is 13.0. The monoisotopic (exact) mass is 502 g/mol. The smallest absolute Gasteiger partial charge is 0.203 e. The number of rotatable bonds is 8. The van der Waals surface area contributed by atoms with E-state index in [-0.39, 0.29) is 24.0 Å². The highest BCUT2D eigenvalue weighted by Crippen LogP contribution is 2.39. The lowest BCUT2D eigenvalue weighted by molar-refractivity contribution is 0.322. The van der Waals surface area contributed by atoms with Crippen LogP contribution < -0.4 is 19.5 Å². The fourth-order valence-corrected chi connectivity index (χ4v) is 2.90. The van der Waals surface area contributed by atoms with Crippen LogP contribution in [0.15, 0.2) is 35.5 Å². The summed E-state index contributed by atoms with van der Waals surface area (Å²) < 4.78 is 18.5. The fourth-order valence-electron chi connectivity index (χ4n) is 2.90. The van der Waals surface area contributed by atoms with Gasteiger partial charge in [0, 0.05) is 38.1 Å². The summed E-state index contributed by atoms with van der Waals surface area (Å²) in [6.07, 6.45) is 2.04. The number of methoxy groups -OCH3 is 3. The predicted octanol–water partition coefficient (Wildman–Crippen LogP) is 3.27. The van der Waals surface area contributed by atoms with Crippen molar-refractivity contribution >= 4 is 29.9 Å². The fraction of sp³-hybridized carbons (Fsp3) is 0.450. The van der Waals surface area contributed by atoms with E-state index in [0.717, 1.165) is 24.6 Å². The molecule has 8 heteroatoms. The molecule has 0 aliphatic heterocycles. The van der Waals surface area contributed by atoms with E-state index in [1.165, 1.54) is 5.69 Å². The Morgan fingerprint density at radius 3 is 2.36 bits per heavy atom. The minimum absolute atomic E-state index is 0. The maximum atomic E-state index is 5.55. The number of ether oxygens (including phenoxy) is 3. The Bertz CT molecular complexity index is 777. The molecular formula is C20H31IN4O3. The van der Waals surface area contributed by atoms with Crippen LogP contribution in [0, 0.1) is 0 Å². The van der Waals surface area contributed by atoms with Crippen LogP contribution >= 0.6 is 24.0 Å². The van der Waals surface area contributed by atoms with E-state index in [2.05, 4.69) is 27.8 Å². The lowest BCUT2D eigenvalue weighted by Gasteiger charge is -2.22. The number of aromatic nitrogens is 1. The molecule has 0 saturated heterocycles. The van der Waals surface area contributed by atoms with Crippen LogP contribution in [0.4, 0.5) is 0 Å². The van der Waals surface area contributed by atoms with E-state index in [1.54, 1.807) is 21.3 Å². The minimum atomic E-state index is 0. The number of benzene rings is 1. The molecule has 2 rings (SSSR count). The third kappa shape index (κ3) is 5.70. The van der Waals surface area contributed by atoms with Gasteiger partial charge in [0.2, 0.25) is 5.75 Å². The molecule has 0 aliphatic carbocycles. The maximum absolute atomic E-state index is 5.55. The molecule has 0 amide bonds. The zero-order chi connectivity index (χ0) is 19.8. The van der Waals surface area contributed by atoms with Crippen LogP contribution in [0.3, 0.4) is 0 Å². The van der Waals surface area contributed by atoms with Crippen LogP contribution in [0.1, 0.15) is 18.2 Å². The van der Waals surface area contributed by atoms with Crippen molar-refractivity contribution in [3.63, 3.8) is 0 Å². The number of halogens is 1. The molecule has 0 bridgehead atoms. The van der Waals surface area contributed by atoms with E-state index < -0.39 is 0 Å². The van der Waals surface area contributed by atoms with Gasteiger partial charge in [0.25, 0.3) is 0 Å². The number of hydrogen-bond acceptors (Lipinski definition) is 4. The molecule has 1 aromatic heterocycles. The molecular weight excluding hydrogens is 471 g/mol. The average molecular weight is 502 g/mol. The summed E-state index contributed by atoms with van der Waals surface area (Å²) >= 11 is 0. The van der Waals surface area contributed by atoms with Crippen LogP contribution in [0.5, 0.6) is 17.2 Å². The summed E-state index contributed by atoms with van der Waals surface area (Å²) in [5, 5.41) is 3.34. The van der Waals surface area contributed by atoms with Gasteiger partial charge in [-0.1, -0.05) is 0 Å². The van der Waals surface area contributed by atoms with E-state index in [1.807, 2.05) is 38.5 Å². The Hall–Kier alpha value is -2.10. The SMILES string of the molecule is CCNC(=NCc1ccc(OC)c(OC)c1OC)N(C)Cc1cccn1C.I. The number of guanidine groups is 1. The van der Waals surface area contributed by atoms with Gasteiger partial charge in [-0.05, 0) is 31.2 Å². The molecule has 0 atom stereocenters. The molecule has 156 valence electrons. The molecule has 1 N–H and O–H groups in total. The molecule has 1 aromatic carbocycles. The standard InChI is InChI=1S/C20H30N4O3.HI/c1-7-21-20(24(3)14-16-9-8-12-23(16)2)22-13-15-10-11-17(25-4)19(27-6)18(15)26-5;/h8-12H,7,13-14H2,1-6H3,(H,21,22);1H. The third-order valence-corrected chi connectivity index (χ3v) is 4.33. The second-order valence-corrected chi connectivity index (χ2v) is 6.13. The summed E-state index contributed by atoms with van der Waals surface area (Å²) in [4.78, 5) is 6.88. The second kappa shape index (κ2) is 11.7. The zero-order valence-corrected chi connectivity index (χ0v) is 19.8. The first-order valence-electron chi connectivity index (χ1n) is 8.93. The number of aliphatic imine (C=N–C) groups is 1. The third-order valence-electron chi connectivity index (χ3n) is 4.33. The van der Waals surface area contributed by atoms with Gasteiger partial charge in [-0.3, -0.25) is 0 Å². The van der Waals surface area contributed by atoms with Crippen LogP contribution in [-0.4, -0.2) is 50.3 Å². The first-order valence-corrected chi connectivity index (χ1v) is 8.93. The Morgan fingerprint density at radius 2 is 1.82 bits per heavy atom. The van der Waals surface area contributed by atoms with Crippen molar-refractivity contribution in [2.24, 2.45) is 12.0 Å². The van der Waals surface area contributed by atoms with Gasteiger partial charge in [-0.15, -0.1) is 24.0 Å². The molecule has 0 unspecified atom stereocenters. The molecule has 0 radical (unpaired) electrons. The number of nitrogens with one attached hydrogen (secondary N) is 1. The lowest BCUT2D eigenvalue weighted by Crippen LogP contribution is -2.38. The Kier molecular flexibility index (Phi) is 9.98. The van der Waals surface area contributed by atoms with Gasteiger partial charge in [-0.2, -0.15) is 0 Å². The van der Waals surface area contributed by atoms with Crippen LogP contribution in [-0.2, 0) is 20.1 Å². The predicted molar refractivity (Wildman–Crippen MR) is 123 cm³/mol. The summed E-state index contributed by atoms with van der Waals surface area (Å²) in [6, 6.07) is 7.97. The van der Waals surface area contributed by atoms with Crippen molar-refractivity contribution in [1.29, 1.82) is 0 Å². The molecule has 2 aromatic rings. The number of aryl methyl sites for hydroxylation is 1. The lowest BCUT2D eigenvalue weighted by atomic mass is 10.1. The van der Waals surface area contributed by atoms with Crippen molar-refractivity contribution in [3.8, 4) is 17.2 Å². The van der Waals surface area contributed by atoms with Gasteiger partial charge in [0.1, 0.15) is 0 Å². The molecule has 28 heavy (non-hydrogen) atoms. The normalized spacial score (nSPS) is 10.9. The highest BCUT2D eigenvalue weighted by molar-refractivity contribution is 14.0. The van der Waals surface area contributed by atoms with Crippen molar-refractivity contribution in [2.75, 3.05) is 34.9 Å². The highest BCUT2D eigenvalue weighted by atomic mass is 127. The topological polar surface area (TPSA) is 60.3 Å².